The summed E-state index contributed by atoms with van der Waals surface area (Å²) in [4.78, 5) is 26.0. The Kier molecular flexibility index (Phi) is 11.6. The van der Waals surface area contributed by atoms with Crippen LogP contribution in [0.25, 0.3) is 0 Å². The molecule has 2 fully saturated rings. The van der Waals surface area contributed by atoms with Gasteiger partial charge in [0.1, 0.15) is 0 Å². The molecule has 2 unspecified atom stereocenters. The van der Waals surface area contributed by atoms with Gasteiger partial charge in [-0.25, -0.2) is 0 Å². The van der Waals surface area contributed by atoms with Crippen LogP contribution in [0, 0.1) is 17.8 Å². The molecular formula is C19H31CaNO5. The van der Waals surface area contributed by atoms with Crippen molar-refractivity contribution in [1.82, 2.24) is 4.90 Å². The number of carbonyl (C=O) groups excluding carboxylic acids is 1. The average Bonchev–Trinajstić information content (AvgIpc) is 2.99. The van der Waals surface area contributed by atoms with E-state index in [2.05, 4.69) is 0 Å². The van der Waals surface area contributed by atoms with Crippen LogP contribution in [-0.4, -0.2) is 83.7 Å². The molecule has 3 atom stereocenters. The molecule has 26 heavy (non-hydrogen) atoms. The van der Waals surface area contributed by atoms with Crippen LogP contribution in [0.2, 0.25) is 0 Å². The molecule has 0 aromatic heterocycles. The number of nitrogens with zero attached hydrogens (tertiary/aromatic N) is 1. The Morgan fingerprint density at radius 3 is 2.08 bits per heavy atom. The van der Waals surface area contributed by atoms with Crippen molar-refractivity contribution in [2.45, 2.75) is 38.5 Å². The Labute approximate surface area is 184 Å². The summed E-state index contributed by atoms with van der Waals surface area (Å²) in [5.41, 5.74) is 0.975. The maximum absolute atomic E-state index is 12.6. The molecular weight excluding hydrogens is 362 g/mol. The van der Waals surface area contributed by atoms with Gasteiger partial charge in [0.15, 0.2) is 0 Å². The van der Waals surface area contributed by atoms with Crippen molar-refractivity contribution in [1.29, 1.82) is 0 Å². The Hall–Kier alpha value is -0.660. The minimum absolute atomic E-state index is 0. The fraction of sp³-hybridized carbons (Fsp3) is 0.579. The molecule has 0 radical (unpaired) electrons. The van der Waals surface area contributed by atoms with E-state index >= 15 is 0 Å². The summed E-state index contributed by atoms with van der Waals surface area (Å²) < 4.78 is 0. The molecule has 3 rings (SSSR count). The number of hydrogen-bond acceptors (Lipinski definition) is 2. The van der Waals surface area contributed by atoms with E-state index in [4.69, 9.17) is 0 Å². The van der Waals surface area contributed by atoms with Gasteiger partial charge in [-0.2, -0.15) is 0 Å². The second-order valence-electron chi connectivity index (χ2n) is 7.03. The van der Waals surface area contributed by atoms with E-state index < -0.39 is 11.9 Å². The maximum atomic E-state index is 12.6. The van der Waals surface area contributed by atoms with Gasteiger partial charge in [0.05, 0.1) is 5.92 Å². The molecule has 1 aromatic carbocycles. The van der Waals surface area contributed by atoms with Crippen LogP contribution in [-0.2, 0) is 16.0 Å². The zero-order valence-corrected chi connectivity index (χ0v) is 14.5. The monoisotopic (exact) mass is 393 g/mol. The summed E-state index contributed by atoms with van der Waals surface area (Å²) in [6.07, 6.45) is 5.53. The van der Waals surface area contributed by atoms with Gasteiger partial charge >= 0.3 is 43.7 Å². The minimum atomic E-state index is -0.876. The topological polar surface area (TPSA) is 121 Å². The second-order valence-corrected chi connectivity index (χ2v) is 7.03. The predicted octanol–water partition coefficient (Wildman–Crippen LogP) is 0.403. The molecule has 144 valence electrons. The van der Waals surface area contributed by atoms with Crippen molar-refractivity contribution < 1.29 is 25.6 Å². The van der Waals surface area contributed by atoms with Crippen LogP contribution in [0.1, 0.15) is 37.7 Å². The van der Waals surface area contributed by atoms with E-state index in [1.165, 1.54) is 25.7 Å². The van der Waals surface area contributed by atoms with Crippen LogP contribution >= 0.6 is 0 Å². The SMILES string of the molecule is O.O.O=C(O)[C@H](CC(=O)N1CC2CCCCC2C1)Cc1ccccc1.[CaH2]. The van der Waals surface area contributed by atoms with Crippen LogP contribution in [0.4, 0.5) is 0 Å². The first-order valence-electron chi connectivity index (χ1n) is 8.68. The van der Waals surface area contributed by atoms with Crippen LogP contribution in [0.5, 0.6) is 0 Å². The van der Waals surface area contributed by atoms with Gasteiger partial charge in [0.25, 0.3) is 0 Å². The Balaban J connectivity index is 0.00000208. The Morgan fingerprint density at radius 2 is 1.58 bits per heavy atom. The number of benzene rings is 1. The first-order chi connectivity index (χ1) is 11.1. The zero-order chi connectivity index (χ0) is 16.2. The third-order valence-electron chi connectivity index (χ3n) is 5.42. The molecule has 1 amide bonds. The van der Waals surface area contributed by atoms with Crippen molar-refractivity contribution in [3.8, 4) is 0 Å². The molecule has 0 bridgehead atoms. The van der Waals surface area contributed by atoms with Gasteiger partial charge in [-0.3, -0.25) is 9.59 Å². The summed E-state index contributed by atoms with van der Waals surface area (Å²) >= 11 is 0. The number of carboxylic acids is 1. The molecule has 0 spiro atoms. The number of likely N-dealkylation sites (tertiary alicyclic amines) is 1. The molecule has 5 N–H and O–H groups in total. The van der Waals surface area contributed by atoms with Crippen molar-refractivity contribution in [2.75, 3.05) is 13.1 Å². The van der Waals surface area contributed by atoms with Crippen molar-refractivity contribution in [2.24, 2.45) is 17.8 Å². The first-order valence-corrected chi connectivity index (χ1v) is 8.68. The summed E-state index contributed by atoms with van der Waals surface area (Å²) in [5.74, 6) is -0.204. The second kappa shape index (κ2) is 11.9. The van der Waals surface area contributed by atoms with Gasteiger partial charge in [0.2, 0.25) is 5.91 Å². The van der Waals surface area contributed by atoms with Gasteiger partial charge in [-0.15, -0.1) is 0 Å². The van der Waals surface area contributed by atoms with Gasteiger partial charge < -0.3 is 21.0 Å². The standard InChI is InChI=1S/C19H25NO3.Ca.2H2O.2H/c21-18(20-12-15-8-4-5-9-16(15)13-20)11-17(19(22)23)10-14-6-2-1-3-7-14;;;;;/h1-3,6-7,15-17H,4-5,8-13H2,(H,22,23);;2*1H2;;/t15?,16?,17-;;;;;/m0...../s1. The Bertz CT molecular complexity index is 554. The number of fused-ring (bicyclic) bond motifs is 1. The molecule has 1 heterocycles. The van der Waals surface area contributed by atoms with E-state index in [1.807, 2.05) is 35.2 Å². The van der Waals surface area contributed by atoms with E-state index in [1.54, 1.807) is 0 Å². The van der Waals surface area contributed by atoms with Gasteiger partial charge in [0, 0.05) is 19.5 Å². The van der Waals surface area contributed by atoms with Crippen LogP contribution < -0.4 is 0 Å². The van der Waals surface area contributed by atoms with Crippen LogP contribution in [0.15, 0.2) is 30.3 Å². The quantitative estimate of drug-likeness (QED) is 0.729. The number of amides is 1. The normalized spacial score (nSPS) is 22.1. The molecule has 1 aromatic rings. The van der Waals surface area contributed by atoms with E-state index in [-0.39, 0.29) is 61.0 Å². The first kappa shape index (κ1) is 25.3. The van der Waals surface area contributed by atoms with Crippen molar-refractivity contribution in [3.63, 3.8) is 0 Å². The summed E-state index contributed by atoms with van der Waals surface area (Å²) in [6, 6.07) is 9.56. The molecule has 2 aliphatic rings. The van der Waals surface area contributed by atoms with Crippen molar-refractivity contribution >= 4 is 49.6 Å². The number of carbonyl (C=O) groups is 2. The molecule has 1 aliphatic heterocycles. The van der Waals surface area contributed by atoms with E-state index in [0.29, 0.717) is 18.3 Å². The fourth-order valence-electron chi connectivity index (χ4n) is 4.09. The van der Waals surface area contributed by atoms with Gasteiger partial charge in [-0.1, -0.05) is 43.2 Å². The fourth-order valence-corrected chi connectivity index (χ4v) is 4.09. The number of aliphatic carboxylic acids is 1. The van der Waals surface area contributed by atoms with Crippen LogP contribution in [0.3, 0.4) is 0 Å². The predicted molar refractivity (Wildman–Crippen MR) is 104 cm³/mol. The van der Waals surface area contributed by atoms with E-state index in [9.17, 15) is 14.7 Å². The Morgan fingerprint density at radius 1 is 1.04 bits per heavy atom. The number of rotatable bonds is 5. The number of hydrogen-bond donors (Lipinski definition) is 1. The average molecular weight is 394 g/mol. The van der Waals surface area contributed by atoms with Crippen molar-refractivity contribution in [3.05, 3.63) is 35.9 Å². The third-order valence-corrected chi connectivity index (χ3v) is 5.42. The summed E-state index contributed by atoms with van der Waals surface area (Å²) in [6.45, 7) is 1.67. The summed E-state index contributed by atoms with van der Waals surface area (Å²) in [5, 5.41) is 9.46. The molecule has 6 nitrogen and oxygen atoms in total. The third kappa shape index (κ3) is 6.50. The molecule has 1 aliphatic carbocycles. The molecule has 7 heteroatoms. The molecule has 1 saturated carbocycles. The molecule has 1 saturated heterocycles. The van der Waals surface area contributed by atoms with E-state index in [0.717, 1.165) is 18.7 Å². The zero-order valence-electron chi connectivity index (χ0n) is 14.5. The van der Waals surface area contributed by atoms with Gasteiger partial charge in [-0.05, 0) is 36.7 Å². The summed E-state index contributed by atoms with van der Waals surface area (Å²) in [7, 11) is 0. The number of carboxylic acid groups (broad SMARTS) is 1.